The molecule has 0 aliphatic carbocycles. The summed E-state index contributed by atoms with van der Waals surface area (Å²) in [5.74, 6) is -0.513. The van der Waals surface area contributed by atoms with Crippen molar-refractivity contribution in [1.82, 2.24) is 14.7 Å². The topological polar surface area (TPSA) is 47.4 Å². The number of para-hydroxylation sites is 1. The first-order valence-electron chi connectivity index (χ1n) is 7.28. The summed E-state index contributed by atoms with van der Waals surface area (Å²) in [4.78, 5) is 14.3. The van der Waals surface area contributed by atoms with Gasteiger partial charge in [0.2, 0.25) is 0 Å². The number of hydrogen-bond donors (Lipinski definition) is 0. The summed E-state index contributed by atoms with van der Waals surface area (Å²) < 4.78 is 20.8. The highest BCUT2D eigenvalue weighted by Gasteiger charge is 2.25. The fourth-order valence-corrected chi connectivity index (χ4v) is 2.61. The summed E-state index contributed by atoms with van der Waals surface area (Å²) in [7, 11) is 0. The molecule has 1 aromatic carbocycles. The van der Waals surface area contributed by atoms with Crippen LogP contribution in [0.3, 0.4) is 0 Å². The van der Waals surface area contributed by atoms with E-state index in [2.05, 4.69) is 5.10 Å². The second-order valence-electron chi connectivity index (χ2n) is 5.47. The standard InChI is InChI=1S/C16H18FN3O2/c1-11-9-14(16(21)19-7-8-22-12(2)10-19)18-20(11)15-6-4-3-5-13(15)17/h3-6,9,12H,7-8,10H2,1-2H3. The van der Waals surface area contributed by atoms with Gasteiger partial charge >= 0.3 is 0 Å². The van der Waals surface area contributed by atoms with Gasteiger partial charge in [-0.05, 0) is 32.0 Å². The van der Waals surface area contributed by atoms with Crippen LogP contribution in [0.25, 0.3) is 5.69 Å². The van der Waals surface area contributed by atoms with Crippen LogP contribution in [-0.4, -0.2) is 46.4 Å². The normalized spacial score (nSPS) is 18.5. The van der Waals surface area contributed by atoms with Gasteiger partial charge in [-0.25, -0.2) is 9.07 Å². The van der Waals surface area contributed by atoms with E-state index in [-0.39, 0.29) is 17.8 Å². The molecule has 22 heavy (non-hydrogen) atoms. The van der Waals surface area contributed by atoms with E-state index < -0.39 is 0 Å². The van der Waals surface area contributed by atoms with Gasteiger partial charge in [-0.2, -0.15) is 5.10 Å². The maximum absolute atomic E-state index is 13.9. The van der Waals surface area contributed by atoms with Gasteiger partial charge < -0.3 is 9.64 Å². The zero-order valence-electron chi connectivity index (χ0n) is 12.6. The highest BCUT2D eigenvalue weighted by molar-refractivity contribution is 5.92. The number of nitrogens with zero attached hydrogens (tertiary/aromatic N) is 3. The lowest BCUT2D eigenvalue weighted by Gasteiger charge is -2.30. The molecule has 1 amide bonds. The average Bonchev–Trinajstić information content (AvgIpc) is 2.89. The van der Waals surface area contributed by atoms with E-state index in [0.717, 1.165) is 5.69 Å². The molecule has 1 atom stereocenters. The number of aromatic nitrogens is 2. The van der Waals surface area contributed by atoms with Crippen molar-refractivity contribution in [2.45, 2.75) is 20.0 Å². The van der Waals surface area contributed by atoms with Gasteiger partial charge in [-0.3, -0.25) is 4.79 Å². The van der Waals surface area contributed by atoms with Gasteiger partial charge in [0.25, 0.3) is 5.91 Å². The van der Waals surface area contributed by atoms with Gasteiger partial charge in [0, 0.05) is 18.8 Å². The van der Waals surface area contributed by atoms with Crippen LogP contribution >= 0.6 is 0 Å². The van der Waals surface area contributed by atoms with Crippen LogP contribution in [0.1, 0.15) is 23.1 Å². The molecule has 0 spiro atoms. The average molecular weight is 303 g/mol. The Hall–Kier alpha value is -2.21. The monoisotopic (exact) mass is 303 g/mol. The number of rotatable bonds is 2. The first kappa shape index (κ1) is 14.7. The fraction of sp³-hybridized carbons (Fsp3) is 0.375. The van der Waals surface area contributed by atoms with Crippen LogP contribution in [0, 0.1) is 12.7 Å². The Morgan fingerprint density at radius 1 is 1.41 bits per heavy atom. The van der Waals surface area contributed by atoms with Crippen LogP contribution in [0.15, 0.2) is 30.3 Å². The number of amides is 1. The van der Waals surface area contributed by atoms with Crippen molar-refractivity contribution in [3.05, 3.63) is 47.5 Å². The lowest BCUT2D eigenvalue weighted by Crippen LogP contribution is -2.44. The van der Waals surface area contributed by atoms with Crippen molar-refractivity contribution in [3.63, 3.8) is 0 Å². The predicted octanol–water partition coefficient (Wildman–Crippen LogP) is 2.18. The third-order valence-corrected chi connectivity index (χ3v) is 3.72. The SMILES string of the molecule is Cc1cc(C(=O)N2CCOC(C)C2)nn1-c1ccccc1F. The molecule has 2 aromatic rings. The maximum atomic E-state index is 13.9. The van der Waals surface area contributed by atoms with Crippen LogP contribution in [0.2, 0.25) is 0 Å². The molecule has 1 saturated heterocycles. The molecule has 1 aromatic heterocycles. The Morgan fingerprint density at radius 3 is 2.91 bits per heavy atom. The molecule has 5 nitrogen and oxygen atoms in total. The Morgan fingerprint density at radius 2 is 2.18 bits per heavy atom. The number of benzene rings is 1. The smallest absolute Gasteiger partial charge is 0.274 e. The highest BCUT2D eigenvalue weighted by atomic mass is 19.1. The predicted molar refractivity (Wildman–Crippen MR) is 79.6 cm³/mol. The lowest BCUT2D eigenvalue weighted by atomic mass is 10.2. The Bertz CT molecular complexity index is 698. The van der Waals surface area contributed by atoms with Gasteiger partial charge in [0.05, 0.1) is 12.7 Å². The zero-order valence-corrected chi connectivity index (χ0v) is 12.6. The fourth-order valence-electron chi connectivity index (χ4n) is 2.61. The van der Waals surface area contributed by atoms with Gasteiger partial charge in [-0.15, -0.1) is 0 Å². The third kappa shape index (κ3) is 2.74. The van der Waals surface area contributed by atoms with Crippen molar-refractivity contribution in [2.75, 3.05) is 19.7 Å². The maximum Gasteiger partial charge on any atom is 0.274 e. The summed E-state index contributed by atoms with van der Waals surface area (Å²) in [6.45, 7) is 5.36. The lowest BCUT2D eigenvalue weighted by molar-refractivity contribution is -0.0126. The molecular formula is C16H18FN3O2. The molecule has 0 radical (unpaired) electrons. The van der Waals surface area contributed by atoms with Crippen LogP contribution < -0.4 is 0 Å². The number of aryl methyl sites for hydroxylation is 1. The van der Waals surface area contributed by atoms with Crippen molar-refractivity contribution in [3.8, 4) is 5.69 Å². The molecule has 2 heterocycles. The Balaban J connectivity index is 1.89. The minimum atomic E-state index is -0.368. The van der Waals surface area contributed by atoms with Crippen LogP contribution in [0.5, 0.6) is 0 Å². The number of carbonyl (C=O) groups excluding carboxylic acids is 1. The summed E-state index contributed by atoms with van der Waals surface area (Å²) in [5, 5.41) is 4.29. The summed E-state index contributed by atoms with van der Waals surface area (Å²) in [6.07, 6.45) is 0.0208. The number of halogens is 1. The number of ether oxygens (including phenoxy) is 1. The summed E-state index contributed by atoms with van der Waals surface area (Å²) >= 11 is 0. The van der Waals surface area contributed by atoms with Crippen molar-refractivity contribution in [1.29, 1.82) is 0 Å². The summed E-state index contributed by atoms with van der Waals surface area (Å²) in [6, 6.07) is 8.07. The van der Waals surface area contributed by atoms with Crippen LogP contribution in [-0.2, 0) is 4.74 Å². The van der Waals surface area contributed by atoms with E-state index in [0.29, 0.717) is 31.1 Å². The largest absolute Gasteiger partial charge is 0.375 e. The Kier molecular flexibility index (Phi) is 3.94. The molecule has 0 bridgehead atoms. The van der Waals surface area contributed by atoms with Gasteiger partial charge in [-0.1, -0.05) is 12.1 Å². The second kappa shape index (κ2) is 5.88. The molecule has 1 fully saturated rings. The van der Waals surface area contributed by atoms with Crippen molar-refractivity contribution >= 4 is 5.91 Å². The van der Waals surface area contributed by atoms with Crippen molar-refractivity contribution in [2.24, 2.45) is 0 Å². The minimum absolute atomic E-state index is 0.0208. The minimum Gasteiger partial charge on any atom is -0.375 e. The third-order valence-electron chi connectivity index (χ3n) is 3.72. The molecule has 116 valence electrons. The first-order valence-corrected chi connectivity index (χ1v) is 7.28. The van der Waals surface area contributed by atoms with E-state index >= 15 is 0 Å². The van der Waals surface area contributed by atoms with E-state index in [9.17, 15) is 9.18 Å². The second-order valence-corrected chi connectivity index (χ2v) is 5.47. The van der Waals surface area contributed by atoms with Crippen LogP contribution in [0.4, 0.5) is 4.39 Å². The van der Waals surface area contributed by atoms with Crippen molar-refractivity contribution < 1.29 is 13.9 Å². The van der Waals surface area contributed by atoms with Gasteiger partial charge in [0.15, 0.2) is 5.69 Å². The highest BCUT2D eigenvalue weighted by Crippen LogP contribution is 2.17. The van der Waals surface area contributed by atoms with Gasteiger partial charge in [0.1, 0.15) is 11.5 Å². The molecular weight excluding hydrogens is 285 g/mol. The van der Waals surface area contributed by atoms with E-state index in [1.807, 2.05) is 6.92 Å². The van der Waals surface area contributed by atoms with E-state index in [4.69, 9.17) is 4.74 Å². The number of hydrogen-bond acceptors (Lipinski definition) is 3. The van der Waals surface area contributed by atoms with E-state index in [1.165, 1.54) is 10.7 Å². The molecule has 1 aliphatic heterocycles. The molecule has 1 unspecified atom stereocenters. The quantitative estimate of drug-likeness (QED) is 0.854. The molecule has 1 aliphatic rings. The molecule has 6 heteroatoms. The Labute approximate surface area is 128 Å². The van der Waals surface area contributed by atoms with E-state index in [1.54, 1.807) is 36.1 Å². The molecule has 0 saturated carbocycles. The number of carbonyl (C=O) groups is 1. The molecule has 0 N–H and O–H groups in total. The summed E-state index contributed by atoms with van der Waals surface area (Å²) in [5.41, 5.74) is 1.39. The zero-order chi connectivity index (χ0) is 15.7. The molecule has 3 rings (SSSR count). The first-order chi connectivity index (χ1) is 10.6. The number of morpholine rings is 1.